The van der Waals surface area contributed by atoms with Crippen LogP contribution in [0.25, 0.3) is 0 Å². The van der Waals surface area contributed by atoms with Gasteiger partial charge >= 0.3 is 0 Å². The fraction of sp³-hybridized carbons (Fsp3) is 0.667. The molecular weight excluding hydrogens is 260 g/mol. The van der Waals surface area contributed by atoms with Crippen LogP contribution in [0.4, 0.5) is 0 Å². The Morgan fingerprint density at radius 1 is 1.05 bits per heavy atom. The van der Waals surface area contributed by atoms with E-state index in [9.17, 15) is 0 Å². The third-order valence-electron chi connectivity index (χ3n) is 4.87. The minimum atomic E-state index is 0.400. The molecule has 1 aromatic rings. The molecule has 3 nitrogen and oxygen atoms in total. The van der Waals surface area contributed by atoms with Crippen molar-refractivity contribution in [2.75, 3.05) is 33.2 Å². The lowest BCUT2D eigenvalue weighted by molar-refractivity contribution is 0.114. The highest BCUT2D eigenvalue weighted by Crippen LogP contribution is 2.22. The van der Waals surface area contributed by atoms with Crippen molar-refractivity contribution >= 4 is 0 Å². The van der Waals surface area contributed by atoms with E-state index < -0.39 is 0 Å². The summed E-state index contributed by atoms with van der Waals surface area (Å²) in [4.78, 5) is 2.38. The first-order chi connectivity index (χ1) is 10.3. The molecule has 0 bridgehead atoms. The topological polar surface area (TPSA) is 24.5 Å². The largest absolute Gasteiger partial charge is 0.490 e. The van der Waals surface area contributed by atoms with Crippen LogP contribution in [0.1, 0.15) is 31.2 Å². The first-order valence-electron chi connectivity index (χ1n) is 8.44. The van der Waals surface area contributed by atoms with Gasteiger partial charge in [0.25, 0.3) is 0 Å². The lowest BCUT2D eigenvalue weighted by Gasteiger charge is -2.29. The smallest absolute Gasteiger partial charge is 0.119 e. The van der Waals surface area contributed by atoms with E-state index in [0.29, 0.717) is 6.10 Å². The quantitative estimate of drug-likeness (QED) is 0.922. The van der Waals surface area contributed by atoms with Crippen molar-refractivity contribution in [3.63, 3.8) is 0 Å². The molecule has 0 aromatic heterocycles. The molecule has 3 rings (SSSR count). The van der Waals surface area contributed by atoms with Crippen LogP contribution in [0.5, 0.6) is 5.75 Å². The van der Waals surface area contributed by atoms with Crippen LogP contribution in [-0.2, 0) is 6.42 Å². The van der Waals surface area contributed by atoms with Gasteiger partial charge in [-0.25, -0.2) is 0 Å². The fourth-order valence-electron chi connectivity index (χ4n) is 3.42. The maximum atomic E-state index is 6.11. The number of hydrogen-bond donors (Lipinski definition) is 1. The maximum Gasteiger partial charge on any atom is 0.119 e. The van der Waals surface area contributed by atoms with Gasteiger partial charge in [-0.2, -0.15) is 0 Å². The normalized spacial score (nSPS) is 22.3. The molecule has 0 radical (unpaired) electrons. The highest BCUT2D eigenvalue weighted by molar-refractivity contribution is 5.27. The Balaban J connectivity index is 1.49. The van der Waals surface area contributed by atoms with Crippen molar-refractivity contribution in [2.45, 2.75) is 38.2 Å². The molecule has 2 heterocycles. The summed E-state index contributed by atoms with van der Waals surface area (Å²) in [5.41, 5.74) is 1.46. The van der Waals surface area contributed by atoms with Gasteiger partial charge in [-0.1, -0.05) is 12.1 Å². The molecule has 1 aromatic carbocycles. The molecule has 0 atom stereocenters. The van der Waals surface area contributed by atoms with Gasteiger partial charge in [0.2, 0.25) is 0 Å². The molecule has 0 spiro atoms. The third-order valence-corrected chi connectivity index (χ3v) is 4.87. The van der Waals surface area contributed by atoms with Gasteiger partial charge in [-0.15, -0.1) is 0 Å². The van der Waals surface area contributed by atoms with Crippen LogP contribution in [0.2, 0.25) is 0 Å². The van der Waals surface area contributed by atoms with Gasteiger partial charge in [0.05, 0.1) is 0 Å². The highest BCUT2D eigenvalue weighted by atomic mass is 16.5. The number of rotatable bonds is 4. The molecule has 21 heavy (non-hydrogen) atoms. The van der Waals surface area contributed by atoms with E-state index in [1.165, 1.54) is 37.9 Å². The van der Waals surface area contributed by atoms with Crippen LogP contribution in [0.15, 0.2) is 24.3 Å². The van der Waals surface area contributed by atoms with Gasteiger partial charge in [0, 0.05) is 13.1 Å². The maximum absolute atomic E-state index is 6.11. The van der Waals surface area contributed by atoms with Crippen LogP contribution in [-0.4, -0.2) is 44.2 Å². The summed E-state index contributed by atoms with van der Waals surface area (Å²) in [6.45, 7) is 4.67. The van der Waals surface area contributed by atoms with Crippen molar-refractivity contribution in [1.29, 1.82) is 0 Å². The average molecular weight is 288 g/mol. The van der Waals surface area contributed by atoms with Crippen molar-refractivity contribution < 1.29 is 4.74 Å². The SMILES string of the molecule is CN1CCC(Oc2ccc(CC3CCNCC3)cc2)CC1. The van der Waals surface area contributed by atoms with Crippen molar-refractivity contribution in [2.24, 2.45) is 5.92 Å². The summed E-state index contributed by atoms with van der Waals surface area (Å²) < 4.78 is 6.11. The predicted molar refractivity (Wildman–Crippen MR) is 86.9 cm³/mol. The van der Waals surface area contributed by atoms with E-state index >= 15 is 0 Å². The number of nitrogens with zero attached hydrogens (tertiary/aromatic N) is 1. The van der Waals surface area contributed by atoms with Gasteiger partial charge in [-0.3, -0.25) is 0 Å². The van der Waals surface area contributed by atoms with Crippen LogP contribution in [0.3, 0.4) is 0 Å². The molecule has 0 aliphatic carbocycles. The van der Waals surface area contributed by atoms with Gasteiger partial charge in [0.1, 0.15) is 11.9 Å². The van der Waals surface area contributed by atoms with E-state index in [-0.39, 0.29) is 0 Å². The van der Waals surface area contributed by atoms with Gasteiger partial charge < -0.3 is 15.0 Å². The van der Waals surface area contributed by atoms with Crippen molar-refractivity contribution in [3.8, 4) is 5.75 Å². The Morgan fingerprint density at radius 3 is 2.38 bits per heavy atom. The summed E-state index contributed by atoms with van der Waals surface area (Å²) in [6, 6.07) is 8.84. The molecule has 0 amide bonds. The van der Waals surface area contributed by atoms with Crippen LogP contribution in [0, 0.1) is 5.92 Å². The monoisotopic (exact) mass is 288 g/mol. The molecule has 116 valence electrons. The number of ether oxygens (including phenoxy) is 1. The van der Waals surface area contributed by atoms with E-state index in [2.05, 4.69) is 41.5 Å². The zero-order chi connectivity index (χ0) is 14.5. The summed E-state index contributed by atoms with van der Waals surface area (Å²) >= 11 is 0. The molecule has 2 saturated heterocycles. The Morgan fingerprint density at radius 2 is 1.71 bits per heavy atom. The molecule has 2 aliphatic rings. The van der Waals surface area contributed by atoms with Crippen LogP contribution >= 0.6 is 0 Å². The average Bonchev–Trinajstić information content (AvgIpc) is 2.53. The van der Waals surface area contributed by atoms with E-state index in [4.69, 9.17) is 4.74 Å². The summed E-state index contributed by atoms with van der Waals surface area (Å²) in [7, 11) is 2.19. The minimum absolute atomic E-state index is 0.400. The second-order valence-corrected chi connectivity index (χ2v) is 6.66. The summed E-state index contributed by atoms with van der Waals surface area (Å²) in [6.07, 6.45) is 6.54. The first kappa shape index (κ1) is 14.9. The zero-order valence-corrected chi connectivity index (χ0v) is 13.2. The molecule has 0 unspecified atom stereocenters. The number of benzene rings is 1. The van der Waals surface area contributed by atoms with Gasteiger partial charge in [-0.05, 0) is 75.9 Å². The Hall–Kier alpha value is -1.06. The molecule has 1 N–H and O–H groups in total. The minimum Gasteiger partial charge on any atom is -0.490 e. The molecular formula is C18H28N2O. The van der Waals surface area contributed by atoms with E-state index in [0.717, 1.165) is 37.6 Å². The van der Waals surface area contributed by atoms with Gasteiger partial charge in [0.15, 0.2) is 0 Å². The summed E-state index contributed by atoms with van der Waals surface area (Å²) in [5.74, 6) is 1.89. The zero-order valence-electron chi connectivity index (χ0n) is 13.2. The lowest BCUT2D eigenvalue weighted by atomic mass is 9.91. The van der Waals surface area contributed by atoms with E-state index in [1.54, 1.807) is 0 Å². The number of hydrogen-bond acceptors (Lipinski definition) is 3. The predicted octanol–water partition coefficient (Wildman–Crippen LogP) is 2.70. The molecule has 2 aliphatic heterocycles. The Labute approximate surface area is 128 Å². The Kier molecular flexibility index (Phi) is 5.15. The number of nitrogens with one attached hydrogen (secondary N) is 1. The second kappa shape index (κ2) is 7.28. The first-order valence-corrected chi connectivity index (χ1v) is 8.44. The second-order valence-electron chi connectivity index (χ2n) is 6.66. The van der Waals surface area contributed by atoms with E-state index in [1.807, 2.05) is 0 Å². The van der Waals surface area contributed by atoms with Crippen molar-refractivity contribution in [3.05, 3.63) is 29.8 Å². The van der Waals surface area contributed by atoms with Crippen LogP contribution < -0.4 is 10.1 Å². The molecule has 2 fully saturated rings. The summed E-state index contributed by atoms with van der Waals surface area (Å²) in [5, 5.41) is 3.43. The third kappa shape index (κ3) is 4.45. The number of likely N-dealkylation sites (tertiary alicyclic amines) is 1. The lowest BCUT2D eigenvalue weighted by Crippen LogP contribution is -2.35. The highest BCUT2D eigenvalue weighted by Gasteiger charge is 2.18. The molecule has 3 heteroatoms. The van der Waals surface area contributed by atoms with Crippen molar-refractivity contribution in [1.82, 2.24) is 10.2 Å². The fourth-order valence-corrected chi connectivity index (χ4v) is 3.42. The number of piperidine rings is 2. The standard InChI is InChI=1S/C18H28N2O/c1-20-12-8-18(9-13-20)21-17-4-2-15(3-5-17)14-16-6-10-19-11-7-16/h2-5,16,18-19H,6-14H2,1H3. The Bertz CT molecular complexity index is 417. The molecule has 0 saturated carbocycles.